The molecule has 1 aliphatic rings. The van der Waals surface area contributed by atoms with Crippen molar-refractivity contribution >= 4 is 5.78 Å². The van der Waals surface area contributed by atoms with Gasteiger partial charge in [-0.15, -0.1) is 0 Å². The number of hydrogen-bond donors (Lipinski definition) is 0. The molecule has 0 amide bonds. The number of carbonyl (C=O) groups excluding carboxylic acids is 1. The second-order valence-corrected chi connectivity index (χ2v) is 5.98. The van der Waals surface area contributed by atoms with E-state index in [1.165, 1.54) is 64.2 Å². The summed E-state index contributed by atoms with van der Waals surface area (Å²) >= 11 is 0. The molecule has 0 saturated heterocycles. The van der Waals surface area contributed by atoms with E-state index in [-0.39, 0.29) is 0 Å². The minimum atomic E-state index is 0.440. The lowest BCUT2D eigenvalue weighted by Crippen LogP contribution is -2.04. The fraction of sp³-hybridized carbons (Fsp3) is 0.833. The van der Waals surface area contributed by atoms with E-state index in [0.29, 0.717) is 5.78 Å². The average molecular weight is 264 g/mol. The predicted molar refractivity (Wildman–Crippen MR) is 83.4 cm³/mol. The first-order chi connectivity index (χ1) is 9.34. The van der Waals surface area contributed by atoms with Crippen molar-refractivity contribution in [2.24, 2.45) is 0 Å². The topological polar surface area (TPSA) is 17.1 Å². The third-order valence-corrected chi connectivity index (χ3v) is 4.16. The van der Waals surface area contributed by atoms with Gasteiger partial charge >= 0.3 is 0 Å². The van der Waals surface area contributed by atoms with Gasteiger partial charge in [-0.05, 0) is 37.7 Å². The zero-order valence-electron chi connectivity index (χ0n) is 12.9. The summed E-state index contributed by atoms with van der Waals surface area (Å²) in [4.78, 5) is 12.1. The first kappa shape index (κ1) is 16.5. The minimum Gasteiger partial charge on any atom is -0.295 e. The number of Topliss-reactive ketones (excluding diaryl/α,β-unsaturated/α-hetero) is 1. The molecule has 0 radical (unpaired) electrons. The normalized spacial score (nSPS) is 18.2. The molecule has 1 rings (SSSR count). The van der Waals surface area contributed by atoms with E-state index >= 15 is 0 Å². The lowest BCUT2D eigenvalue weighted by Gasteiger charge is -2.09. The number of hydrogen-bond acceptors (Lipinski definition) is 1. The van der Waals surface area contributed by atoms with Crippen molar-refractivity contribution in [2.75, 3.05) is 0 Å². The summed E-state index contributed by atoms with van der Waals surface area (Å²) in [5.74, 6) is 0.440. The Morgan fingerprint density at radius 3 is 2.42 bits per heavy atom. The first-order valence-corrected chi connectivity index (χ1v) is 8.57. The standard InChI is InChI=1S/C18H32O/c1-2-3-4-5-8-11-14-17-15-12-9-6-7-10-13-16-18(17)19/h15H,2-14,16H2,1H3. The fourth-order valence-electron chi connectivity index (χ4n) is 2.85. The summed E-state index contributed by atoms with van der Waals surface area (Å²) in [5, 5.41) is 0. The van der Waals surface area contributed by atoms with Crippen LogP contribution in [0.1, 0.15) is 96.8 Å². The van der Waals surface area contributed by atoms with Gasteiger partial charge in [0.2, 0.25) is 0 Å². The van der Waals surface area contributed by atoms with Crippen molar-refractivity contribution in [2.45, 2.75) is 96.8 Å². The molecule has 1 aliphatic carbocycles. The smallest absolute Gasteiger partial charge is 0.158 e. The molecule has 0 aromatic rings. The molecule has 0 aromatic carbocycles. The summed E-state index contributed by atoms with van der Waals surface area (Å²) in [6.07, 6.45) is 19.4. The van der Waals surface area contributed by atoms with Crippen LogP contribution in [0.3, 0.4) is 0 Å². The van der Waals surface area contributed by atoms with E-state index in [1.807, 2.05) is 0 Å². The monoisotopic (exact) mass is 264 g/mol. The molecular weight excluding hydrogens is 232 g/mol. The summed E-state index contributed by atoms with van der Waals surface area (Å²) in [6.45, 7) is 2.25. The molecule has 0 bridgehead atoms. The average Bonchev–Trinajstić information content (AvgIpc) is 2.43. The molecule has 0 spiro atoms. The van der Waals surface area contributed by atoms with Gasteiger partial charge in [-0.3, -0.25) is 4.79 Å². The van der Waals surface area contributed by atoms with Gasteiger partial charge in [-0.25, -0.2) is 0 Å². The molecule has 1 heteroatoms. The van der Waals surface area contributed by atoms with Crippen LogP contribution in [0.15, 0.2) is 11.6 Å². The highest BCUT2D eigenvalue weighted by Crippen LogP contribution is 2.19. The van der Waals surface area contributed by atoms with Crippen LogP contribution in [0.4, 0.5) is 0 Å². The van der Waals surface area contributed by atoms with Gasteiger partial charge in [-0.1, -0.05) is 64.4 Å². The Hall–Kier alpha value is -0.590. The zero-order chi connectivity index (χ0) is 13.8. The molecule has 0 atom stereocenters. The van der Waals surface area contributed by atoms with Gasteiger partial charge in [0.15, 0.2) is 5.78 Å². The van der Waals surface area contributed by atoms with Crippen LogP contribution in [0.25, 0.3) is 0 Å². The molecule has 19 heavy (non-hydrogen) atoms. The summed E-state index contributed by atoms with van der Waals surface area (Å²) < 4.78 is 0. The highest BCUT2D eigenvalue weighted by molar-refractivity contribution is 5.95. The van der Waals surface area contributed by atoms with Crippen LogP contribution >= 0.6 is 0 Å². The van der Waals surface area contributed by atoms with Crippen LogP contribution < -0.4 is 0 Å². The third-order valence-electron chi connectivity index (χ3n) is 4.16. The summed E-state index contributed by atoms with van der Waals surface area (Å²) in [6, 6.07) is 0. The maximum atomic E-state index is 12.1. The number of unbranched alkanes of at least 4 members (excludes halogenated alkanes) is 5. The van der Waals surface area contributed by atoms with Gasteiger partial charge in [0.1, 0.15) is 0 Å². The number of carbonyl (C=O) groups is 1. The van der Waals surface area contributed by atoms with Crippen LogP contribution in [-0.2, 0) is 4.79 Å². The second kappa shape index (κ2) is 11.3. The van der Waals surface area contributed by atoms with E-state index in [1.54, 1.807) is 0 Å². The fourth-order valence-corrected chi connectivity index (χ4v) is 2.85. The lowest BCUT2D eigenvalue weighted by molar-refractivity contribution is -0.115. The van der Waals surface area contributed by atoms with Crippen LogP contribution in [0.2, 0.25) is 0 Å². The van der Waals surface area contributed by atoms with E-state index < -0.39 is 0 Å². The van der Waals surface area contributed by atoms with Crippen molar-refractivity contribution in [3.63, 3.8) is 0 Å². The molecule has 0 unspecified atom stereocenters. The van der Waals surface area contributed by atoms with Gasteiger partial charge in [0, 0.05) is 6.42 Å². The molecule has 0 aromatic heterocycles. The van der Waals surface area contributed by atoms with Crippen molar-refractivity contribution in [3.05, 3.63) is 11.6 Å². The van der Waals surface area contributed by atoms with Crippen LogP contribution in [0.5, 0.6) is 0 Å². The Kier molecular flexibility index (Phi) is 9.75. The van der Waals surface area contributed by atoms with Gasteiger partial charge in [0.25, 0.3) is 0 Å². The second-order valence-electron chi connectivity index (χ2n) is 5.98. The van der Waals surface area contributed by atoms with E-state index in [0.717, 1.165) is 31.3 Å². The Bertz CT molecular complexity index is 265. The molecule has 0 saturated carbocycles. The SMILES string of the molecule is CCCCCCCCC1=CCCCCCCCC1=O. The Labute approximate surface area is 119 Å². The van der Waals surface area contributed by atoms with Crippen molar-refractivity contribution in [1.29, 1.82) is 0 Å². The largest absolute Gasteiger partial charge is 0.295 e. The van der Waals surface area contributed by atoms with E-state index in [2.05, 4.69) is 13.0 Å². The summed E-state index contributed by atoms with van der Waals surface area (Å²) in [5.41, 5.74) is 1.15. The van der Waals surface area contributed by atoms with Gasteiger partial charge in [-0.2, -0.15) is 0 Å². The van der Waals surface area contributed by atoms with Crippen LogP contribution in [0, 0.1) is 0 Å². The summed E-state index contributed by atoms with van der Waals surface area (Å²) in [7, 11) is 0. The Morgan fingerprint density at radius 1 is 0.895 bits per heavy atom. The van der Waals surface area contributed by atoms with Crippen LogP contribution in [-0.4, -0.2) is 5.78 Å². The van der Waals surface area contributed by atoms with Crippen molar-refractivity contribution in [1.82, 2.24) is 0 Å². The number of ketones is 1. The predicted octanol–water partition coefficient (Wildman–Crippen LogP) is 5.98. The van der Waals surface area contributed by atoms with E-state index in [9.17, 15) is 4.79 Å². The van der Waals surface area contributed by atoms with Crippen molar-refractivity contribution in [3.8, 4) is 0 Å². The van der Waals surface area contributed by atoms with Gasteiger partial charge < -0.3 is 0 Å². The number of rotatable bonds is 7. The Morgan fingerprint density at radius 2 is 1.58 bits per heavy atom. The quantitative estimate of drug-likeness (QED) is 0.517. The van der Waals surface area contributed by atoms with Gasteiger partial charge in [0.05, 0.1) is 0 Å². The lowest BCUT2D eigenvalue weighted by atomic mass is 9.95. The Balaban J connectivity index is 2.26. The van der Waals surface area contributed by atoms with E-state index in [4.69, 9.17) is 0 Å². The molecule has 0 heterocycles. The highest BCUT2D eigenvalue weighted by atomic mass is 16.1. The molecule has 1 nitrogen and oxygen atoms in total. The highest BCUT2D eigenvalue weighted by Gasteiger charge is 2.10. The zero-order valence-corrected chi connectivity index (χ0v) is 12.9. The third kappa shape index (κ3) is 8.23. The first-order valence-electron chi connectivity index (χ1n) is 8.57. The molecule has 110 valence electrons. The molecule has 0 N–H and O–H groups in total. The minimum absolute atomic E-state index is 0.440. The molecule has 0 aliphatic heterocycles. The maximum absolute atomic E-state index is 12.1. The number of allylic oxidation sites excluding steroid dienone is 2. The molecular formula is C18H32O. The van der Waals surface area contributed by atoms with Crippen molar-refractivity contribution < 1.29 is 4.79 Å². The maximum Gasteiger partial charge on any atom is 0.158 e. The molecule has 0 fully saturated rings.